The lowest BCUT2D eigenvalue weighted by molar-refractivity contribution is 1.40. The summed E-state index contributed by atoms with van der Waals surface area (Å²) in [5.74, 6) is 0. The third-order valence-electron chi connectivity index (χ3n) is 1.34. The second kappa shape index (κ2) is 7.72. The molecule has 0 heterocycles. The Labute approximate surface area is 86.7 Å². The van der Waals surface area contributed by atoms with E-state index in [-0.39, 0.29) is 31.1 Å². The van der Waals surface area contributed by atoms with Crippen molar-refractivity contribution >= 4 is 24.9 Å². The third-order valence-corrected chi connectivity index (χ3v) is 2.34. The molecule has 0 amide bonds. The molecule has 0 aliphatic carbocycles. The lowest BCUT2D eigenvalue weighted by Crippen LogP contribution is -1.79. The fraction of sp³-hybridized carbons (Fsp3) is 0.333. The summed E-state index contributed by atoms with van der Waals surface area (Å²) < 4.78 is 0. The predicted molar refractivity (Wildman–Crippen MR) is 64.3 cm³/mol. The van der Waals surface area contributed by atoms with Gasteiger partial charge in [-0.1, -0.05) is 30.3 Å². The zero-order chi connectivity index (χ0) is 7.40. The van der Waals surface area contributed by atoms with Crippen LogP contribution in [-0.2, 0) is 6.16 Å². The van der Waals surface area contributed by atoms with Gasteiger partial charge < -0.3 is 6.15 Å². The van der Waals surface area contributed by atoms with Crippen molar-refractivity contribution in [1.82, 2.24) is 6.15 Å². The van der Waals surface area contributed by atoms with Gasteiger partial charge in [-0.25, -0.2) is 0 Å². The van der Waals surface area contributed by atoms with E-state index >= 15 is 0 Å². The molecule has 0 bridgehead atoms. The second-order valence-electron chi connectivity index (χ2n) is 2.72. The van der Waals surface area contributed by atoms with Crippen LogP contribution in [0.2, 0.25) is 0 Å². The maximum absolute atomic E-state index is 2.31. The van der Waals surface area contributed by atoms with E-state index in [0.717, 1.165) is 0 Å². The molecular formula is C9H17BrNP. The minimum absolute atomic E-state index is 0. The molecule has 70 valence electrons. The van der Waals surface area contributed by atoms with Gasteiger partial charge in [-0.15, -0.1) is 24.9 Å². The van der Waals surface area contributed by atoms with Gasteiger partial charge in [0.25, 0.3) is 0 Å². The molecule has 1 rings (SSSR count). The van der Waals surface area contributed by atoms with E-state index in [1.54, 1.807) is 0 Å². The maximum atomic E-state index is 2.31. The predicted octanol–water partition coefficient (Wildman–Crippen LogP) is 3.67. The normalized spacial score (nSPS) is 8.58. The molecule has 0 unspecified atom stereocenters. The van der Waals surface area contributed by atoms with Gasteiger partial charge >= 0.3 is 0 Å². The first-order valence-electron chi connectivity index (χ1n) is 3.47. The van der Waals surface area contributed by atoms with E-state index in [9.17, 15) is 0 Å². The van der Waals surface area contributed by atoms with Gasteiger partial charge in [0.15, 0.2) is 0 Å². The van der Waals surface area contributed by atoms with Crippen LogP contribution in [0.5, 0.6) is 0 Å². The molecule has 1 nitrogen and oxygen atoms in total. The summed E-state index contributed by atoms with van der Waals surface area (Å²) >= 11 is 0. The fourth-order valence-corrected chi connectivity index (χ4v) is 1.89. The number of hydrogen-bond acceptors (Lipinski definition) is 1. The Morgan fingerprint density at radius 2 is 1.58 bits per heavy atom. The van der Waals surface area contributed by atoms with Crippen LogP contribution >= 0.6 is 24.9 Å². The minimum atomic E-state index is 0. The Bertz CT molecular complexity index is 189. The van der Waals surface area contributed by atoms with Crippen molar-refractivity contribution in [1.29, 1.82) is 0 Å². The van der Waals surface area contributed by atoms with Crippen LogP contribution in [-0.4, -0.2) is 13.3 Å². The highest BCUT2D eigenvalue weighted by Gasteiger charge is 1.93. The molecule has 0 aliphatic rings. The van der Waals surface area contributed by atoms with Crippen molar-refractivity contribution in [2.24, 2.45) is 0 Å². The summed E-state index contributed by atoms with van der Waals surface area (Å²) in [7, 11) is 0.223. The fourth-order valence-electron chi connectivity index (χ4n) is 0.949. The van der Waals surface area contributed by atoms with Crippen LogP contribution in [0.3, 0.4) is 0 Å². The van der Waals surface area contributed by atoms with E-state index in [1.165, 1.54) is 11.7 Å². The van der Waals surface area contributed by atoms with E-state index in [2.05, 4.69) is 43.7 Å². The summed E-state index contributed by atoms with van der Waals surface area (Å²) in [5.41, 5.74) is 1.47. The molecule has 12 heavy (non-hydrogen) atoms. The lowest BCUT2D eigenvalue weighted by atomic mass is 10.2. The molecular weight excluding hydrogens is 233 g/mol. The van der Waals surface area contributed by atoms with Crippen LogP contribution in [0.15, 0.2) is 30.3 Å². The van der Waals surface area contributed by atoms with Crippen LogP contribution in [0.25, 0.3) is 0 Å². The molecule has 0 aromatic heterocycles. The topological polar surface area (TPSA) is 35.0 Å². The van der Waals surface area contributed by atoms with E-state index in [4.69, 9.17) is 0 Å². The van der Waals surface area contributed by atoms with Crippen LogP contribution < -0.4 is 6.15 Å². The molecule has 0 fully saturated rings. The Morgan fingerprint density at radius 3 is 2.00 bits per heavy atom. The first-order valence-corrected chi connectivity index (χ1v) is 5.90. The summed E-state index contributed by atoms with van der Waals surface area (Å²) in [4.78, 5) is 0. The summed E-state index contributed by atoms with van der Waals surface area (Å²) in [5, 5.41) is 0. The average molecular weight is 250 g/mol. The quantitative estimate of drug-likeness (QED) is 0.798. The molecule has 0 saturated heterocycles. The van der Waals surface area contributed by atoms with Crippen molar-refractivity contribution in [2.75, 3.05) is 13.3 Å². The number of halogens is 1. The van der Waals surface area contributed by atoms with Crippen molar-refractivity contribution in [3.63, 3.8) is 0 Å². The molecule has 0 atom stereocenters. The van der Waals surface area contributed by atoms with Crippen molar-refractivity contribution < 1.29 is 0 Å². The highest BCUT2D eigenvalue weighted by molar-refractivity contribution is 8.93. The third kappa shape index (κ3) is 5.70. The Balaban J connectivity index is 0. The Morgan fingerprint density at radius 1 is 1.08 bits per heavy atom. The Hall–Kier alpha value is 0.0900. The average Bonchev–Trinajstić information content (AvgIpc) is 1.88. The van der Waals surface area contributed by atoms with E-state index in [0.29, 0.717) is 0 Å². The monoisotopic (exact) mass is 249 g/mol. The van der Waals surface area contributed by atoms with Gasteiger partial charge in [-0.2, -0.15) is 0 Å². The van der Waals surface area contributed by atoms with Crippen molar-refractivity contribution in [2.45, 2.75) is 6.16 Å². The molecule has 0 radical (unpaired) electrons. The molecule has 0 saturated carbocycles. The van der Waals surface area contributed by atoms with E-state index in [1.807, 2.05) is 0 Å². The van der Waals surface area contributed by atoms with Gasteiger partial charge in [-0.3, -0.25) is 0 Å². The highest BCUT2D eigenvalue weighted by Crippen LogP contribution is 2.29. The van der Waals surface area contributed by atoms with Crippen LogP contribution in [0.1, 0.15) is 5.56 Å². The van der Waals surface area contributed by atoms with Gasteiger partial charge in [0.1, 0.15) is 0 Å². The van der Waals surface area contributed by atoms with Gasteiger partial charge in [-0.05, 0) is 25.1 Å². The zero-order valence-electron chi connectivity index (χ0n) is 7.66. The molecule has 0 spiro atoms. The summed E-state index contributed by atoms with van der Waals surface area (Å²) in [6.45, 7) is 4.62. The maximum Gasteiger partial charge on any atom is -0.00780 e. The van der Waals surface area contributed by atoms with Gasteiger partial charge in [0.2, 0.25) is 0 Å². The zero-order valence-corrected chi connectivity index (χ0v) is 10.3. The molecule has 1 aromatic rings. The minimum Gasteiger partial charge on any atom is -0.344 e. The SMILES string of the molecule is Br.CP(C)Cc1ccccc1.N. The highest BCUT2D eigenvalue weighted by atomic mass is 79.9. The Kier molecular flexibility index (Phi) is 9.40. The van der Waals surface area contributed by atoms with Crippen molar-refractivity contribution in [3.8, 4) is 0 Å². The van der Waals surface area contributed by atoms with Gasteiger partial charge in [0, 0.05) is 0 Å². The number of benzene rings is 1. The smallest absolute Gasteiger partial charge is 0.00780 e. The first kappa shape index (κ1) is 14.6. The van der Waals surface area contributed by atoms with E-state index < -0.39 is 0 Å². The molecule has 3 N–H and O–H groups in total. The lowest BCUT2D eigenvalue weighted by Gasteiger charge is -2.03. The largest absolute Gasteiger partial charge is 0.344 e. The number of rotatable bonds is 2. The summed E-state index contributed by atoms with van der Waals surface area (Å²) in [6.07, 6.45) is 1.26. The second-order valence-corrected chi connectivity index (χ2v) is 5.20. The molecule has 3 heteroatoms. The van der Waals surface area contributed by atoms with Crippen molar-refractivity contribution in [3.05, 3.63) is 35.9 Å². The first-order chi connectivity index (χ1) is 4.79. The molecule has 0 aliphatic heterocycles. The number of hydrogen-bond donors (Lipinski definition) is 1. The summed E-state index contributed by atoms with van der Waals surface area (Å²) in [6, 6.07) is 10.7. The van der Waals surface area contributed by atoms with Gasteiger partial charge in [0.05, 0.1) is 0 Å². The standard InChI is InChI=1S/C9H13P.BrH.H3N/c1-10(2)8-9-6-4-3-5-7-9;;/h3-7H,8H2,1-2H3;1H;1H3. The van der Waals surface area contributed by atoms with Crippen LogP contribution in [0.4, 0.5) is 0 Å². The van der Waals surface area contributed by atoms with Crippen LogP contribution in [0, 0.1) is 0 Å². The molecule has 1 aromatic carbocycles.